The smallest absolute Gasteiger partial charge is 0.341 e. The highest BCUT2D eigenvalue weighted by Gasteiger charge is 2.54. The zero-order chi connectivity index (χ0) is 19.6. The molecule has 3 aliphatic rings. The first-order valence-corrected chi connectivity index (χ1v) is 9.79. The van der Waals surface area contributed by atoms with Crippen molar-refractivity contribution in [3.05, 3.63) is 62.6 Å². The summed E-state index contributed by atoms with van der Waals surface area (Å²) in [6, 6.07) is 8.41. The summed E-state index contributed by atoms with van der Waals surface area (Å²) < 4.78 is 5.51. The summed E-state index contributed by atoms with van der Waals surface area (Å²) in [5, 5.41) is 9.35. The number of methoxy groups -OCH3 is 1. The van der Waals surface area contributed by atoms with Gasteiger partial charge in [-0.05, 0) is 80.1 Å². The van der Waals surface area contributed by atoms with E-state index in [4.69, 9.17) is 4.74 Å². The van der Waals surface area contributed by atoms with E-state index in [1.165, 1.54) is 11.1 Å². The van der Waals surface area contributed by atoms with Crippen LogP contribution in [0.1, 0.15) is 39.2 Å². The van der Waals surface area contributed by atoms with Crippen LogP contribution in [0.5, 0.6) is 5.75 Å². The molecule has 2 N–H and O–H groups in total. The van der Waals surface area contributed by atoms with Gasteiger partial charge in [0.15, 0.2) is 0 Å². The van der Waals surface area contributed by atoms with Crippen LogP contribution >= 0.6 is 0 Å². The quantitative estimate of drug-likeness (QED) is 0.833. The van der Waals surface area contributed by atoms with Crippen LogP contribution in [0.2, 0.25) is 0 Å². The molecule has 2 aromatic rings. The van der Waals surface area contributed by atoms with Crippen LogP contribution < -0.4 is 10.3 Å². The Morgan fingerprint density at radius 2 is 2.11 bits per heavy atom. The first kappa shape index (κ1) is 17.5. The third-order valence-corrected chi connectivity index (χ3v) is 7.31. The number of carboxylic acid groups (broad SMARTS) is 1. The molecule has 6 heteroatoms. The second-order valence-corrected chi connectivity index (χ2v) is 8.49. The van der Waals surface area contributed by atoms with Crippen molar-refractivity contribution in [3.8, 4) is 5.75 Å². The Balaban J connectivity index is 1.71. The maximum atomic E-state index is 12.3. The van der Waals surface area contributed by atoms with Gasteiger partial charge in [0.25, 0.3) is 5.56 Å². The number of H-pyrrole nitrogens is 1. The van der Waals surface area contributed by atoms with Crippen molar-refractivity contribution in [2.24, 2.45) is 5.92 Å². The summed E-state index contributed by atoms with van der Waals surface area (Å²) >= 11 is 0. The van der Waals surface area contributed by atoms with E-state index in [1.807, 2.05) is 6.07 Å². The van der Waals surface area contributed by atoms with Crippen LogP contribution in [-0.4, -0.2) is 47.7 Å². The lowest BCUT2D eigenvalue weighted by molar-refractivity contribution is 0.0233. The average molecular weight is 380 g/mol. The zero-order valence-electron chi connectivity index (χ0n) is 16.1. The van der Waals surface area contributed by atoms with Gasteiger partial charge in [-0.15, -0.1) is 0 Å². The number of nitrogens with zero attached hydrogens (tertiary/aromatic N) is 1. The molecule has 0 radical (unpaired) electrons. The molecule has 2 bridgehead atoms. The fourth-order valence-corrected chi connectivity index (χ4v) is 5.89. The monoisotopic (exact) mass is 380 g/mol. The molecule has 2 heterocycles. The van der Waals surface area contributed by atoms with Crippen LogP contribution in [0, 0.1) is 5.92 Å². The van der Waals surface area contributed by atoms with Gasteiger partial charge in [0.05, 0.1) is 7.11 Å². The highest BCUT2D eigenvalue weighted by Crippen LogP contribution is 2.54. The Hall–Kier alpha value is -2.60. The number of hydrogen-bond donors (Lipinski definition) is 2. The lowest BCUT2D eigenvalue weighted by Gasteiger charge is -2.58. The van der Waals surface area contributed by atoms with E-state index in [0.717, 1.165) is 49.2 Å². The Labute approximate surface area is 163 Å². The molecule has 2 aliphatic carbocycles. The second kappa shape index (κ2) is 5.95. The van der Waals surface area contributed by atoms with Gasteiger partial charge in [-0.25, -0.2) is 4.79 Å². The largest absolute Gasteiger partial charge is 0.497 e. The molecule has 1 saturated heterocycles. The summed E-state index contributed by atoms with van der Waals surface area (Å²) in [4.78, 5) is 29.1. The maximum Gasteiger partial charge on any atom is 0.341 e. The SMILES string of the molecule is COc1ccc2c(c1)C13CCN(C)C(C2)C1Cc1cc(C(=O)O)c(=O)[nH]c1C3. The second-order valence-electron chi connectivity index (χ2n) is 8.49. The number of rotatable bonds is 2. The van der Waals surface area contributed by atoms with Gasteiger partial charge < -0.3 is 19.7 Å². The van der Waals surface area contributed by atoms with Crippen LogP contribution in [0.3, 0.4) is 0 Å². The lowest BCUT2D eigenvalue weighted by Crippen LogP contribution is -2.61. The standard InChI is InChI=1S/C22H24N2O4/c1-24-6-5-22-11-18-13(7-15(21(26)27)20(25)23-18)8-17(22)19(24)9-12-3-4-14(28-2)10-16(12)22/h3-4,7,10,17,19H,5-6,8-9,11H2,1-2H3,(H,23,25)(H,26,27). The van der Waals surface area contributed by atoms with Gasteiger partial charge >= 0.3 is 5.97 Å². The Morgan fingerprint density at radius 3 is 2.86 bits per heavy atom. The number of likely N-dealkylation sites (tertiary alicyclic amines) is 1. The Bertz CT molecular complexity index is 1040. The van der Waals surface area contributed by atoms with E-state index < -0.39 is 11.5 Å². The maximum absolute atomic E-state index is 12.3. The van der Waals surface area contributed by atoms with Gasteiger partial charge in [0, 0.05) is 17.2 Å². The van der Waals surface area contributed by atoms with E-state index in [9.17, 15) is 14.7 Å². The predicted molar refractivity (Wildman–Crippen MR) is 104 cm³/mol. The van der Waals surface area contributed by atoms with Crippen molar-refractivity contribution in [3.63, 3.8) is 0 Å². The molecule has 5 rings (SSSR count). The minimum Gasteiger partial charge on any atom is -0.497 e. The number of piperidine rings is 1. The van der Waals surface area contributed by atoms with Crippen LogP contribution in [-0.2, 0) is 24.7 Å². The number of nitrogens with one attached hydrogen (secondary N) is 1. The highest BCUT2D eigenvalue weighted by molar-refractivity contribution is 5.87. The minimum atomic E-state index is -1.17. The summed E-state index contributed by atoms with van der Waals surface area (Å²) in [5.74, 6) is 0.0936. The van der Waals surface area contributed by atoms with Gasteiger partial charge in [-0.3, -0.25) is 4.79 Å². The van der Waals surface area contributed by atoms with Crippen molar-refractivity contribution in [1.29, 1.82) is 0 Å². The number of ether oxygens (including phenoxy) is 1. The lowest BCUT2D eigenvalue weighted by atomic mass is 9.52. The zero-order valence-corrected chi connectivity index (χ0v) is 16.1. The highest BCUT2D eigenvalue weighted by atomic mass is 16.5. The minimum absolute atomic E-state index is 0.0417. The summed E-state index contributed by atoms with van der Waals surface area (Å²) in [6.07, 6.45) is 3.55. The van der Waals surface area contributed by atoms with Crippen molar-refractivity contribution in [2.75, 3.05) is 20.7 Å². The molecule has 0 spiro atoms. The molecule has 0 saturated carbocycles. The van der Waals surface area contributed by atoms with Crippen molar-refractivity contribution < 1.29 is 14.6 Å². The van der Waals surface area contributed by atoms with Crippen LogP contribution in [0.4, 0.5) is 0 Å². The number of carbonyl (C=O) groups is 1. The molecule has 3 unspecified atom stereocenters. The van der Waals surface area contributed by atoms with Crippen molar-refractivity contribution in [2.45, 2.75) is 37.1 Å². The van der Waals surface area contributed by atoms with Gasteiger partial charge in [-0.1, -0.05) is 6.07 Å². The third-order valence-electron chi connectivity index (χ3n) is 7.31. The van der Waals surface area contributed by atoms with Gasteiger partial charge in [0.2, 0.25) is 0 Å². The van der Waals surface area contributed by atoms with E-state index in [0.29, 0.717) is 12.0 Å². The number of fused-ring (bicyclic) bond motifs is 2. The molecule has 146 valence electrons. The Kier molecular flexibility index (Phi) is 3.72. The van der Waals surface area contributed by atoms with E-state index in [-0.39, 0.29) is 11.0 Å². The van der Waals surface area contributed by atoms with Crippen LogP contribution in [0.15, 0.2) is 29.1 Å². The number of carboxylic acids is 1. The molecule has 1 fully saturated rings. The molecule has 3 atom stereocenters. The number of likely N-dealkylation sites (N-methyl/N-ethyl adjacent to an activating group) is 1. The summed E-state index contributed by atoms with van der Waals surface area (Å²) in [6.45, 7) is 1.02. The fourth-order valence-electron chi connectivity index (χ4n) is 5.89. The number of hydrogen-bond acceptors (Lipinski definition) is 4. The van der Waals surface area contributed by atoms with E-state index in [2.05, 4.69) is 29.1 Å². The topological polar surface area (TPSA) is 82.6 Å². The normalized spacial score (nSPS) is 28.1. The van der Waals surface area contributed by atoms with Gasteiger partial charge in [0.1, 0.15) is 11.3 Å². The summed E-state index contributed by atoms with van der Waals surface area (Å²) in [5.41, 5.74) is 3.87. The average Bonchev–Trinajstić information content (AvgIpc) is 2.68. The first-order chi connectivity index (χ1) is 13.4. The molecular formula is C22H24N2O4. The van der Waals surface area contributed by atoms with E-state index >= 15 is 0 Å². The molecular weight excluding hydrogens is 356 g/mol. The van der Waals surface area contributed by atoms with Gasteiger partial charge in [-0.2, -0.15) is 0 Å². The fraction of sp³-hybridized carbons (Fsp3) is 0.455. The molecule has 6 nitrogen and oxygen atoms in total. The first-order valence-electron chi connectivity index (χ1n) is 9.79. The number of aromatic amines is 1. The number of aromatic carboxylic acids is 1. The molecule has 1 aromatic heterocycles. The molecule has 1 aromatic carbocycles. The number of benzene rings is 1. The van der Waals surface area contributed by atoms with Crippen molar-refractivity contribution in [1.82, 2.24) is 9.88 Å². The number of aromatic nitrogens is 1. The van der Waals surface area contributed by atoms with Crippen LogP contribution in [0.25, 0.3) is 0 Å². The van der Waals surface area contributed by atoms with E-state index in [1.54, 1.807) is 13.2 Å². The summed E-state index contributed by atoms with van der Waals surface area (Å²) in [7, 11) is 3.88. The molecule has 1 aliphatic heterocycles. The Morgan fingerprint density at radius 1 is 1.29 bits per heavy atom. The molecule has 0 amide bonds. The number of pyridine rings is 1. The van der Waals surface area contributed by atoms with Crippen molar-refractivity contribution >= 4 is 5.97 Å². The third kappa shape index (κ3) is 2.30. The molecule has 28 heavy (non-hydrogen) atoms. The predicted octanol–water partition coefficient (Wildman–Crippen LogP) is 1.99.